The van der Waals surface area contributed by atoms with E-state index in [1.165, 1.54) is 25.1 Å². The van der Waals surface area contributed by atoms with Crippen LogP contribution in [0.3, 0.4) is 0 Å². The Kier molecular flexibility index (Phi) is 7.89. The maximum absolute atomic E-state index is 13.2. The number of ether oxygens (including phenoxy) is 1. The van der Waals surface area contributed by atoms with Crippen molar-refractivity contribution in [1.29, 1.82) is 0 Å². The predicted molar refractivity (Wildman–Crippen MR) is 146 cm³/mol. The van der Waals surface area contributed by atoms with Crippen molar-refractivity contribution in [1.82, 2.24) is 0 Å². The number of phenols is 1. The third-order valence-corrected chi connectivity index (χ3v) is 6.98. The second-order valence-electron chi connectivity index (χ2n) is 8.15. The van der Waals surface area contributed by atoms with Crippen molar-refractivity contribution in [2.24, 2.45) is 10.2 Å². The van der Waals surface area contributed by atoms with Gasteiger partial charge in [-0.25, -0.2) is 0 Å². The quantitative estimate of drug-likeness (QED) is 0.155. The SMILES string of the molecule is CCOc1cc(Cl)cc(NC(=O)c2cc3ccccc3c(N=Nc3cc(S(=O)(=O)O)c(C)cc3Cl)c2O)c1. The number of halogens is 2. The Morgan fingerprint density at radius 2 is 1.79 bits per heavy atom. The Morgan fingerprint density at radius 1 is 1.05 bits per heavy atom. The molecule has 0 aliphatic carbocycles. The monoisotopic (exact) mass is 573 g/mol. The van der Waals surface area contributed by atoms with Gasteiger partial charge in [-0.15, -0.1) is 10.2 Å². The molecule has 196 valence electrons. The van der Waals surface area contributed by atoms with E-state index in [1.54, 1.807) is 36.4 Å². The van der Waals surface area contributed by atoms with Gasteiger partial charge >= 0.3 is 0 Å². The van der Waals surface area contributed by atoms with Crippen LogP contribution in [0.15, 0.2) is 75.8 Å². The summed E-state index contributed by atoms with van der Waals surface area (Å²) in [6, 6.07) is 15.5. The normalized spacial score (nSPS) is 11.7. The van der Waals surface area contributed by atoms with E-state index in [0.29, 0.717) is 33.8 Å². The van der Waals surface area contributed by atoms with Crippen LogP contribution in [0.2, 0.25) is 10.0 Å². The summed E-state index contributed by atoms with van der Waals surface area (Å²) in [5.41, 5.74) is 0.372. The van der Waals surface area contributed by atoms with Crippen molar-refractivity contribution in [3.63, 3.8) is 0 Å². The first-order valence-corrected chi connectivity index (χ1v) is 13.4. The summed E-state index contributed by atoms with van der Waals surface area (Å²) >= 11 is 12.4. The Bertz CT molecular complexity index is 1710. The molecular weight excluding hydrogens is 553 g/mol. The smallest absolute Gasteiger partial charge is 0.294 e. The summed E-state index contributed by atoms with van der Waals surface area (Å²) in [6.45, 7) is 3.69. The van der Waals surface area contributed by atoms with Gasteiger partial charge in [-0.05, 0) is 55.1 Å². The van der Waals surface area contributed by atoms with Crippen molar-refractivity contribution in [2.75, 3.05) is 11.9 Å². The van der Waals surface area contributed by atoms with E-state index >= 15 is 0 Å². The van der Waals surface area contributed by atoms with Crippen LogP contribution < -0.4 is 10.1 Å². The molecule has 4 aromatic carbocycles. The summed E-state index contributed by atoms with van der Waals surface area (Å²) in [5.74, 6) is -0.640. The molecule has 9 nitrogen and oxygen atoms in total. The first kappa shape index (κ1) is 27.3. The molecule has 0 unspecified atom stereocenters. The van der Waals surface area contributed by atoms with E-state index in [9.17, 15) is 22.9 Å². The fraction of sp³-hybridized carbons (Fsp3) is 0.115. The number of phenolic OH excluding ortho intramolecular Hbond substituents is 1. The van der Waals surface area contributed by atoms with E-state index in [0.717, 1.165) is 6.07 Å². The van der Waals surface area contributed by atoms with Crippen LogP contribution in [-0.2, 0) is 10.1 Å². The van der Waals surface area contributed by atoms with Gasteiger partial charge < -0.3 is 15.2 Å². The lowest BCUT2D eigenvalue weighted by atomic mass is 10.0. The minimum Gasteiger partial charge on any atom is -0.505 e. The summed E-state index contributed by atoms with van der Waals surface area (Å²) in [7, 11) is -4.54. The number of aromatic hydroxyl groups is 1. The fourth-order valence-electron chi connectivity index (χ4n) is 3.78. The maximum atomic E-state index is 13.2. The molecule has 0 spiro atoms. The van der Waals surface area contributed by atoms with E-state index < -0.39 is 21.8 Å². The highest BCUT2D eigenvalue weighted by Crippen LogP contribution is 2.41. The van der Waals surface area contributed by atoms with Gasteiger partial charge in [-0.3, -0.25) is 9.35 Å². The molecule has 3 N–H and O–H groups in total. The predicted octanol–water partition coefficient (Wildman–Crippen LogP) is 7.47. The summed E-state index contributed by atoms with van der Waals surface area (Å²) in [5, 5.41) is 23.4. The molecule has 0 radical (unpaired) electrons. The Hall–Kier alpha value is -3.70. The molecule has 0 bridgehead atoms. The van der Waals surface area contributed by atoms with Gasteiger partial charge in [-0.2, -0.15) is 8.42 Å². The minimum atomic E-state index is -4.54. The highest BCUT2D eigenvalue weighted by molar-refractivity contribution is 7.85. The van der Waals surface area contributed by atoms with Crippen LogP contribution in [0.25, 0.3) is 10.8 Å². The zero-order valence-corrected chi connectivity index (χ0v) is 22.4. The number of benzene rings is 4. The molecule has 0 fully saturated rings. The van der Waals surface area contributed by atoms with E-state index in [2.05, 4.69) is 15.5 Å². The molecule has 0 aromatic heterocycles. The van der Waals surface area contributed by atoms with Crippen LogP contribution >= 0.6 is 23.2 Å². The standard InChI is InChI=1S/C26H21Cl2N3O6S/c1-3-37-18-11-16(27)10-17(12-18)29-26(33)20-9-15-6-4-5-7-19(15)24(25(20)32)31-30-22-13-23(38(34,35)36)14(2)8-21(22)28/h4-13,32H,3H2,1-2H3,(H,29,33)(H,34,35,36). The second-order valence-corrected chi connectivity index (χ2v) is 10.4. The molecule has 0 atom stereocenters. The molecule has 0 saturated heterocycles. The average Bonchev–Trinajstić information content (AvgIpc) is 2.83. The minimum absolute atomic E-state index is 0.0422. The van der Waals surface area contributed by atoms with Crippen LogP contribution in [0, 0.1) is 6.92 Å². The van der Waals surface area contributed by atoms with Crippen molar-refractivity contribution in [3.8, 4) is 11.5 Å². The Balaban J connectivity index is 1.79. The number of amides is 1. The van der Waals surface area contributed by atoms with E-state index in [1.807, 2.05) is 6.92 Å². The van der Waals surface area contributed by atoms with Crippen LogP contribution in [-0.4, -0.2) is 30.6 Å². The van der Waals surface area contributed by atoms with Crippen molar-refractivity contribution < 1.29 is 27.6 Å². The molecule has 4 aromatic rings. The second kappa shape index (κ2) is 11.0. The molecule has 38 heavy (non-hydrogen) atoms. The summed E-state index contributed by atoms with van der Waals surface area (Å²) in [6.07, 6.45) is 0. The number of carbonyl (C=O) groups excluding carboxylic acids is 1. The summed E-state index contributed by atoms with van der Waals surface area (Å²) < 4.78 is 38.4. The third kappa shape index (κ3) is 5.89. The molecule has 0 heterocycles. The van der Waals surface area contributed by atoms with Crippen LogP contribution in [0.1, 0.15) is 22.8 Å². The first-order valence-electron chi connectivity index (χ1n) is 11.2. The lowest BCUT2D eigenvalue weighted by Gasteiger charge is -2.12. The molecule has 12 heteroatoms. The van der Waals surface area contributed by atoms with Crippen LogP contribution in [0.4, 0.5) is 17.1 Å². The van der Waals surface area contributed by atoms with E-state index in [-0.39, 0.29) is 32.4 Å². The number of rotatable bonds is 7. The molecular formula is C26H21Cl2N3O6S. The molecule has 4 rings (SSSR count). The highest BCUT2D eigenvalue weighted by Gasteiger charge is 2.20. The lowest BCUT2D eigenvalue weighted by molar-refractivity contribution is 0.102. The number of fused-ring (bicyclic) bond motifs is 1. The number of hydrogen-bond acceptors (Lipinski definition) is 7. The molecule has 0 aliphatic rings. The Morgan fingerprint density at radius 3 is 2.50 bits per heavy atom. The molecule has 1 amide bonds. The Labute approximate surface area is 228 Å². The van der Waals surface area contributed by atoms with Crippen molar-refractivity contribution in [2.45, 2.75) is 18.7 Å². The fourth-order valence-corrected chi connectivity index (χ4v) is 4.98. The van der Waals surface area contributed by atoms with E-state index in [4.69, 9.17) is 27.9 Å². The summed E-state index contributed by atoms with van der Waals surface area (Å²) in [4.78, 5) is 12.8. The number of nitrogens with zero attached hydrogens (tertiary/aromatic N) is 2. The average molecular weight is 574 g/mol. The van der Waals surface area contributed by atoms with Gasteiger partial charge in [0.05, 0.1) is 22.1 Å². The number of anilines is 1. The van der Waals surface area contributed by atoms with Crippen molar-refractivity contribution in [3.05, 3.63) is 81.8 Å². The molecule has 0 aliphatic heterocycles. The number of nitrogens with one attached hydrogen (secondary N) is 1. The number of carbonyl (C=O) groups is 1. The van der Waals surface area contributed by atoms with Gasteiger partial charge in [0.1, 0.15) is 17.1 Å². The highest BCUT2D eigenvalue weighted by atomic mass is 35.5. The number of aryl methyl sites for hydroxylation is 1. The maximum Gasteiger partial charge on any atom is 0.294 e. The first-order chi connectivity index (χ1) is 18.0. The van der Waals surface area contributed by atoms with Crippen LogP contribution in [0.5, 0.6) is 11.5 Å². The van der Waals surface area contributed by atoms with Gasteiger partial charge in [-0.1, -0.05) is 47.5 Å². The zero-order chi connectivity index (χ0) is 27.6. The number of hydrogen-bond donors (Lipinski definition) is 3. The van der Waals surface area contributed by atoms with Gasteiger partial charge in [0, 0.05) is 22.2 Å². The topological polar surface area (TPSA) is 138 Å². The van der Waals surface area contributed by atoms with Gasteiger partial charge in [0.2, 0.25) is 0 Å². The largest absolute Gasteiger partial charge is 0.505 e. The van der Waals surface area contributed by atoms with Gasteiger partial charge in [0.25, 0.3) is 16.0 Å². The third-order valence-electron chi connectivity index (χ3n) is 5.46. The van der Waals surface area contributed by atoms with Gasteiger partial charge in [0.15, 0.2) is 5.75 Å². The number of azo groups is 1. The molecule has 0 saturated carbocycles. The zero-order valence-electron chi connectivity index (χ0n) is 20.1. The van der Waals surface area contributed by atoms with Crippen molar-refractivity contribution >= 4 is 67.1 Å². The lowest BCUT2D eigenvalue weighted by Crippen LogP contribution is -2.12.